The topological polar surface area (TPSA) is 12.4 Å². The number of nitrogens with zero attached hydrogens (tertiary/aromatic N) is 1. The van der Waals surface area contributed by atoms with Crippen molar-refractivity contribution in [1.82, 2.24) is 0 Å². The van der Waals surface area contributed by atoms with Crippen LogP contribution in [0.4, 0.5) is 0 Å². The van der Waals surface area contributed by atoms with Crippen LogP contribution in [0.5, 0.6) is 0 Å². The normalized spacial score (nSPS) is 12.2. The maximum atomic E-state index is 4.22. The van der Waals surface area contributed by atoms with Crippen molar-refractivity contribution in [3.63, 3.8) is 0 Å². The highest BCUT2D eigenvalue weighted by Gasteiger charge is 2.12. The lowest BCUT2D eigenvalue weighted by Gasteiger charge is -2.18. The van der Waals surface area contributed by atoms with Crippen molar-refractivity contribution in [1.29, 1.82) is 0 Å². The molecule has 0 amide bonds. The first-order valence-electron chi connectivity index (χ1n) is 8.76. The molecule has 21 heavy (non-hydrogen) atoms. The van der Waals surface area contributed by atoms with Crippen LogP contribution in [0.15, 0.2) is 42.1 Å². The van der Waals surface area contributed by atoms with E-state index in [1.165, 1.54) is 69.8 Å². The molecule has 0 atom stereocenters. The molecule has 0 aromatic rings. The summed E-state index contributed by atoms with van der Waals surface area (Å²) in [7, 11) is 0. The van der Waals surface area contributed by atoms with Gasteiger partial charge in [-0.15, -0.1) is 0 Å². The molecular weight excluding hydrogens is 254 g/mol. The van der Waals surface area contributed by atoms with Crippen molar-refractivity contribution in [2.45, 2.75) is 78.1 Å². The Labute approximate surface area is 132 Å². The van der Waals surface area contributed by atoms with Crippen molar-refractivity contribution in [2.75, 3.05) is 0 Å². The molecule has 0 aliphatic carbocycles. The van der Waals surface area contributed by atoms with Crippen LogP contribution in [0.3, 0.4) is 0 Å². The molecule has 0 spiro atoms. The van der Waals surface area contributed by atoms with E-state index in [-0.39, 0.29) is 0 Å². The van der Waals surface area contributed by atoms with Crippen LogP contribution < -0.4 is 0 Å². The molecule has 0 aromatic heterocycles. The molecule has 120 valence electrons. The standard InChI is InChI=1S/C20H35N/c1-5-9-11-13-16-19(17-14-12-10-6-2)20(15-7-3)18-21-8-4/h7-8,15,18-19H,3-6,9-14,16-17H2,1-2H3/b20-15+,21-18-. The summed E-state index contributed by atoms with van der Waals surface area (Å²) in [6.07, 6.45) is 20.8. The third-order valence-electron chi connectivity index (χ3n) is 3.92. The zero-order valence-corrected chi connectivity index (χ0v) is 14.3. The monoisotopic (exact) mass is 289 g/mol. The van der Waals surface area contributed by atoms with Gasteiger partial charge in [0.05, 0.1) is 0 Å². The molecule has 0 aromatic carbocycles. The Morgan fingerprint density at radius 3 is 1.90 bits per heavy atom. The minimum atomic E-state index is 0.625. The fraction of sp³-hybridized carbons (Fsp3) is 0.650. The quantitative estimate of drug-likeness (QED) is 0.188. The number of aliphatic imine (C=N–C) groups is 1. The maximum Gasteiger partial charge on any atom is 0.0302 e. The number of unbranched alkanes of at least 4 members (excludes halogenated alkanes) is 6. The van der Waals surface area contributed by atoms with E-state index in [4.69, 9.17) is 0 Å². The van der Waals surface area contributed by atoms with Crippen molar-refractivity contribution >= 4 is 6.21 Å². The fourth-order valence-corrected chi connectivity index (χ4v) is 2.67. The van der Waals surface area contributed by atoms with Gasteiger partial charge in [-0.2, -0.15) is 0 Å². The molecule has 0 saturated heterocycles. The predicted molar refractivity (Wildman–Crippen MR) is 98.0 cm³/mol. The first-order chi connectivity index (χ1) is 10.3. The Morgan fingerprint density at radius 2 is 1.48 bits per heavy atom. The molecule has 0 N–H and O–H groups in total. The summed E-state index contributed by atoms with van der Waals surface area (Å²) in [4.78, 5) is 4.22. The first-order valence-corrected chi connectivity index (χ1v) is 8.76. The van der Waals surface area contributed by atoms with Gasteiger partial charge in [0.1, 0.15) is 0 Å². The minimum absolute atomic E-state index is 0.625. The highest BCUT2D eigenvalue weighted by atomic mass is 14.7. The van der Waals surface area contributed by atoms with Gasteiger partial charge in [0.25, 0.3) is 0 Å². The van der Waals surface area contributed by atoms with Crippen LogP contribution in [-0.2, 0) is 0 Å². The number of hydrogen-bond acceptors (Lipinski definition) is 1. The van der Waals surface area contributed by atoms with Gasteiger partial charge in [-0.25, -0.2) is 0 Å². The van der Waals surface area contributed by atoms with E-state index >= 15 is 0 Å². The molecule has 0 aliphatic rings. The molecule has 0 fully saturated rings. The minimum Gasteiger partial charge on any atom is -0.265 e. The molecule has 0 aliphatic heterocycles. The lowest BCUT2D eigenvalue weighted by Crippen LogP contribution is -2.06. The molecule has 0 bridgehead atoms. The SMILES string of the molecule is C=C/C=C(\C=N/C=C)C(CCCCCC)CCCCCC. The van der Waals surface area contributed by atoms with Crippen molar-refractivity contribution in [3.05, 3.63) is 37.1 Å². The Bertz CT molecular complexity index is 300. The Morgan fingerprint density at radius 1 is 0.905 bits per heavy atom. The number of hydrogen-bond donors (Lipinski definition) is 0. The molecule has 0 rings (SSSR count). The molecule has 1 heteroatoms. The summed E-state index contributed by atoms with van der Waals surface area (Å²) in [5.74, 6) is 0.625. The van der Waals surface area contributed by atoms with Gasteiger partial charge in [-0.3, -0.25) is 4.99 Å². The second-order valence-electron chi connectivity index (χ2n) is 5.76. The Kier molecular flexibility index (Phi) is 14.5. The highest BCUT2D eigenvalue weighted by Crippen LogP contribution is 2.24. The van der Waals surface area contributed by atoms with Crippen molar-refractivity contribution in [2.24, 2.45) is 10.9 Å². The van der Waals surface area contributed by atoms with Crippen LogP contribution >= 0.6 is 0 Å². The third-order valence-corrected chi connectivity index (χ3v) is 3.92. The Balaban J connectivity index is 4.55. The molecule has 1 nitrogen and oxygen atoms in total. The summed E-state index contributed by atoms with van der Waals surface area (Å²) < 4.78 is 0. The van der Waals surface area contributed by atoms with E-state index in [2.05, 4.69) is 38.1 Å². The van der Waals surface area contributed by atoms with E-state index in [0.717, 1.165) is 0 Å². The second kappa shape index (κ2) is 15.3. The zero-order chi connectivity index (χ0) is 15.8. The van der Waals surface area contributed by atoms with Gasteiger partial charge in [0.2, 0.25) is 0 Å². The maximum absolute atomic E-state index is 4.22. The summed E-state index contributed by atoms with van der Waals surface area (Å²) >= 11 is 0. The van der Waals surface area contributed by atoms with Crippen LogP contribution in [0.2, 0.25) is 0 Å². The zero-order valence-electron chi connectivity index (χ0n) is 14.3. The van der Waals surface area contributed by atoms with Gasteiger partial charge in [0.15, 0.2) is 0 Å². The molecule has 0 unspecified atom stereocenters. The van der Waals surface area contributed by atoms with Gasteiger partial charge >= 0.3 is 0 Å². The second-order valence-corrected chi connectivity index (χ2v) is 5.76. The van der Waals surface area contributed by atoms with Crippen molar-refractivity contribution < 1.29 is 0 Å². The molecule has 0 radical (unpaired) electrons. The summed E-state index contributed by atoms with van der Waals surface area (Å²) in [5.41, 5.74) is 1.32. The van der Waals surface area contributed by atoms with Gasteiger partial charge in [-0.05, 0) is 24.3 Å². The van der Waals surface area contributed by atoms with Crippen LogP contribution in [0.25, 0.3) is 0 Å². The first kappa shape index (κ1) is 19.9. The smallest absolute Gasteiger partial charge is 0.0302 e. The van der Waals surface area contributed by atoms with Gasteiger partial charge in [0, 0.05) is 12.4 Å². The van der Waals surface area contributed by atoms with Gasteiger partial charge < -0.3 is 0 Å². The lowest BCUT2D eigenvalue weighted by atomic mass is 9.88. The molecule has 0 heterocycles. The summed E-state index contributed by atoms with van der Waals surface area (Å²) in [5, 5.41) is 0. The van der Waals surface area contributed by atoms with E-state index in [1.807, 2.05) is 12.3 Å². The molecule has 0 saturated carbocycles. The van der Waals surface area contributed by atoms with E-state index in [1.54, 1.807) is 6.20 Å². The van der Waals surface area contributed by atoms with Crippen LogP contribution in [0, 0.1) is 5.92 Å². The summed E-state index contributed by atoms with van der Waals surface area (Å²) in [6, 6.07) is 0. The Hall–Kier alpha value is -1.11. The van der Waals surface area contributed by atoms with Crippen LogP contribution in [0.1, 0.15) is 78.1 Å². The fourth-order valence-electron chi connectivity index (χ4n) is 2.67. The number of rotatable bonds is 14. The van der Waals surface area contributed by atoms with E-state index < -0.39 is 0 Å². The number of allylic oxidation sites excluding steroid dienone is 3. The average Bonchev–Trinajstić information content (AvgIpc) is 2.50. The highest BCUT2D eigenvalue weighted by molar-refractivity contribution is 5.80. The van der Waals surface area contributed by atoms with E-state index in [0.29, 0.717) is 5.92 Å². The largest absolute Gasteiger partial charge is 0.265 e. The van der Waals surface area contributed by atoms with Crippen molar-refractivity contribution in [3.8, 4) is 0 Å². The molecular formula is C20H35N. The van der Waals surface area contributed by atoms with E-state index in [9.17, 15) is 0 Å². The predicted octanol–water partition coefficient (Wildman–Crippen LogP) is 6.87. The summed E-state index contributed by atoms with van der Waals surface area (Å²) in [6.45, 7) is 12.1. The van der Waals surface area contributed by atoms with Crippen LogP contribution in [-0.4, -0.2) is 6.21 Å². The third kappa shape index (κ3) is 11.2. The van der Waals surface area contributed by atoms with Gasteiger partial charge in [-0.1, -0.05) is 90.5 Å². The average molecular weight is 290 g/mol. The lowest BCUT2D eigenvalue weighted by molar-refractivity contribution is 0.465.